The fourth-order valence-corrected chi connectivity index (χ4v) is 2.17. The average molecular weight is 272 g/mol. The summed E-state index contributed by atoms with van der Waals surface area (Å²) in [7, 11) is 0. The normalized spacial score (nSPS) is 31.8. The molecule has 0 aliphatic carbocycles. The fraction of sp³-hybridized carbons (Fsp3) is 0.600. The number of anilines is 1. The van der Waals surface area contributed by atoms with Crippen molar-refractivity contribution in [3.63, 3.8) is 0 Å². The summed E-state index contributed by atoms with van der Waals surface area (Å²) in [6.45, 7) is 1.52. The summed E-state index contributed by atoms with van der Waals surface area (Å²) < 4.78 is 7.19. The van der Waals surface area contributed by atoms with Gasteiger partial charge in [-0.1, -0.05) is 0 Å². The van der Waals surface area contributed by atoms with Crippen LogP contribution in [-0.2, 0) is 4.74 Å². The first-order valence-electron chi connectivity index (χ1n) is 5.51. The standard InChI is InChI=1S/C10H16N4O3S/c1-4-2-14(10(18)13-8(4)12)9-7(16)6(11)5(3-15)17-9/h2,5-7,9,15-16H,3,11H2,1H3,(H2,12,13,18)/t5-,6-,7-,9-/m1/s1. The van der Waals surface area contributed by atoms with E-state index in [2.05, 4.69) is 4.98 Å². The molecule has 0 amide bonds. The fourth-order valence-electron chi connectivity index (χ4n) is 1.92. The highest BCUT2D eigenvalue weighted by atomic mass is 32.1. The predicted octanol–water partition coefficient (Wildman–Crippen LogP) is -0.919. The van der Waals surface area contributed by atoms with E-state index in [4.69, 9.17) is 33.5 Å². The van der Waals surface area contributed by atoms with Crippen LogP contribution >= 0.6 is 12.2 Å². The van der Waals surface area contributed by atoms with Gasteiger partial charge in [-0.25, -0.2) is 4.98 Å². The number of hydrogen-bond acceptors (Lipinski definition) is 7. The summed E-state index contributed by atoms with van der Waals surface area (Å²) in [6.07, 6.45) is -0.676. The van der Waals surface area contributed by atoms with Gasteiger partial charge < -0.3 is 26.4 Å². The van der Waals surface area contributed by atoms with Crippen molar-refractivity contribution >= 4 is 18.0 Å². The molecule has 7 nitrogen and oxygen atoms in total. The Balaban J connectivity index is 2.39. The molecule has 6 N–H and O–H groups in total. The van der Waals surface area contributed by atoms with E-state index in [1.54, 1.807) is 13.1 Å². The third-order valence-electron chi connectivity index (χ3n) is 3.06. The van der Waals surface area contributed by atoms with Crippen LogP contribution < -0.4 is 11.5 Å². The summed E-state index contributed by atoms with van der Waals surface area (Å²) >= 11 is 5.08. The van der Waals surface area contributed by atoms with Gasteiger partial charge >= 0.3 is 0 Å². The Kier molecular flexibility index (Phi) is 3.64. The van der Waals surface area contributed by atoms with E-state index in [1.807, 2.05) is 0 Å². The van der Waals surface area contributed by atoms with Crippen LogP contribution in [0.5, 0.6) is 0 Å². The number of ether oxygens (including phenoxy) is 1. The van der Waals surface area contributed by atoms with Crippen molar-refractivity contribution in [1.29, 1.82) is 0 Å². The van der Waals surface area contributed by atoms with Crippen molar-refractivity contribution in [2.45, 2.75) is 31.4 Å². The number of nitrogen functional groups attached to an aromatic ring is 1. The Morgan fingerprint density at radius 2 is 2.28 bits per heavy atom. The van der Waals surface area contributed by atoms with Crippen LogP contribution in [0.3, 0.4) is 0 Å². The zero-order chi connectivity index (χ0) is 13.4. The molecule has 0 radical (unpaired) electrons. The third-order valence-corrected chi connectivity index (χ3v) is 3.36. The van der Waals surface area contributed by atoms with Gasteiger partial charge in [-0.05, 0) is 19.1 Å². The van der Waals surface area contributed by atoms with Gasteiger partial charge in [0.15, 0.2) is 6.23 Å². The molecule has 1 aromatic rings. The minimum absolute atomic E-state index is 0.202. The van der Waals surface area contributed by atoms with Gasteiger partial charge in [0.2, 0.25) is 4.77 Å². The number of aryl methyl sites for hydroxylation is 1. The van der Waals surface area contributed by atoms with E-state index in [-0.39, 0.29) is 11.4 Å². The number of aliphatic hydroxyl groups excluding tert-OH is 2. The highest BCUT2D eigenvalue weighted by molar-refractivity contribution is 7.71. The first-order chi connectivity index (χ1) is 8.45. The van der Waals surface area contributed by atoms with Crippen molar-refractivity contribution in [3.05, 3.63) is 16.5 Å². The number of nitrogens with zero attached hydrogens (tertiary/aromatic N) is 2. The molecule has 1 aliphatic heterocycles. The summed E-state index contributed by atoms with van der Waals surface area (Å²) in [6, 6.07) is -0.667. The topological polar surface area (TPSA) is 120 Å². The molecule has 2 heterocycles. The molecular weight excluding hydrogens is 256 g/mol. The van der Waals surface area contributed by atoms with E-state index < -0.39 is 24.5 Å². The first kappa shape index (κ1) is 13.4. The van der Waals surface area contributed by atoms with E-state index in [9.17, 15) is 5.11 Å². The predicted molar refractivity (Wildman–Crippen MR) is 67.2 cm³/mol. The number of aliphatic hydroxyl groups is 2. The maximum Gasteiger partial charge on any atom is 0.203 e. The molecule has 0 aromatic carbocycles. The van der Waals surface area contributed by atoms with Gasteiger partial charge in [-0.15, -0.1) is 0 Å². The molecule has 100 valence electrons. The minimum atomic E-state index is -0.960. The molecule has 1 aliphatic rings. The van der Waals surface area contributed by atoms with Crippen molar-refractivity contribution in [2.24, 2.45) is 5.73 Å². The van der Waals surface area contributed by atoms with Gasteiger partial charge in [-0.3, -0.25) is 4.57 Å². The lowest BCUT2D eigenvalue weighted by Crippen LogP contribution is -2.41. The maximum absolute atomic E-state index is 10.0. The van der Waals surface area contributed by atoms with Crippen molar-refractivity contribution < 1.29 is 14.9 Å². The lowest BCUT2D eigenvalue weighted by molar-refractivity contribution is -0.0522. The van der Waals surface area contributed by atoms with E-state index in [0.717, 1.165) is 5.56 Å². The molecule has 0 unspecified atom stereocenters. The average Bonchev–Trinajstić information content (AvgIpc) is 2.61. The molecule has 2 rings (SSSR count). The zero-order valence-electron chi connectivity index (χ0n) is 9.85. The Morgan fingerprint density at radius 3 is 2.83 bits per heavy atom. The van der Waals surface area contributed by atoms with Crippen LogP contribution in [0.25, 0.3) is 0 Å². The van der Waals surface area contributed by atoms with Gasteiger partial charge in [0, 0.05) is 11.8 Å². The highest BCUT2D eigenvalue weighted by Crippen LogP contribution is 2.28. The van der Waals surface area contributed by atoms with Crippen LogP contribution in [0.2, 0.25) is 0 Å². The van der Waals surface area contributed by atoms with Gasteiger partial charge in [0.05, 0.1) is 12.6 Å². The number of nitrogens with two attached hydrogens (primary N) is 2. The lowest BCUT2D eigenvalue weighted by atomic mass is 10.1. The summed E-state index contributed by atoms with van der Waals surface area (Å²) in [5.41, 5.74) is 12.1. The van der Waals surface area contributed by atoms with E-state index in [0.29, 0.717) is 5.82 Å². The SMILES string of the molecule is Cc1cn([C@@H]2O[C@H](CO)[C@@H](N)[C@H]2O)c(=S)nc1N. The summed E-state index contributed by atoms with van der Waals surface area (Å²) in [5, 5.41) is 19.1. The monoisotopic (exact) mass is 272 g/mol. The minimum Gasteiger partial charge on any atom is -0.394 e. The smallest absolute Gasteiger partial charge is 0.203 e. The Hall–Kier alpha value is -1.06. The van der Waals surface area contributed by atoms with Crippen molar-refractivity contribution in [2.75, 3.05) is 12.3 Å². The second-order valence-corrected chi connectivity index (χ2v) is 4.68. The van der Waals surface area contributed by atoms with Crippen LogP contribution in [0.4, 0.5) is 5.82 Å². The van der Waals surface area contributed by atoms with Crippen LogP contribution in [0.1, 0.15) is 11.8 Å². The maximum atomic E-state index is 10.0. The summed E-state index contributed by atoms with van der Waals surface area (Å²) in [5.74, 6) is 0.340. The summed E-state index contributed by atoms with van der Waals surface area (Å²) in [4.78, 5) is 3.99. The van der Waals surface area contributed by atoms with Gasteiger partial charge in [0.25, 0.3) is 0 Å². The zero-order valence-corrected chi connectivity index (χ0v) is 10.7. The Morgan fingerprint density at radius 1 is 1.61 bits per heavy atom. The Labute approximate surface area is 109 Å². The largest absolute Gasteiger partial charge is 0.394 e. The molecular formula is C10H16N4O3S. The van der Waals surface area contributed by atoms with Gasteiger partial charge in [0.1, 0.15) is 18.0 Å². The molecule has 1 aromatic heterocycles. The lowest BCUT2D eigenvalue weighted by Gasteiger charge is -2.19. The van der Waals surface area contributed by atoms with Gasteiger partial charge in [-0.2, -0.15) is 0 Å². The molecule has 0 saturated carbocycles. The van der Waals surface area contributed by atoms with Crippen LogP contribution in [0, 0.1) is 11.7 Å². The number of aromatic nitrogens is 2. The third kappa shape index (κ3) is 2.13. The quantitative estimate of drug-likeness (QED) is 0.514. The first-order valence-corrected chi connectivity index (χ1v) is 5.91. The molecule has 1 fully saturated rings. The molecule has 1 saturated heterocycles. The molecule has 18 heavy (non-hydrogen) atoms. The second kappa shape index (κ2) is 4.90. The van der Waals surface area contributed by atoms with E-state index in [1.165, 1.54) is 4.57 Å². The number of hydrogen-bond donors (Lipinski definition) is 4. The van der Waals surface area contributed by atoms with Crippen molar-refractivity contribution in [1.82, 2.24) is 9.55 Å². The van der Waals surface area contributed by atoms with E-state index >= 15 is 0 Å². The van der Waals surface area contributed by atoms with Crippen LogP contribution in [-0.4, -0.2) is 44.6 Å². The van der Waals surface area contributed by atoms with Crippen molar-refractivity contribution in [3.8, 4) is 0 Å². The number of rotatable bonds is 2. The molecule has 0 spiro atoms. The highest BCUT2D eigenvalue weighted by Gasteiger charge is 2.42. The Bertz CT molecular complexity index is 506. The second-order valence-electron chi connectivity index (χ2n) is 4.31. The van der Waals surface area contributed by atoms with Crippen LogP contribution in [0.15, 0.2) is 6.20 Å². The molecule has 8 heteroatoms. The molecule has 0 bridgehead atoms. The molecule has 4 atom stereocenters.